The van der Waals surface area contributed by atoms with Crippen molar-refractivity contribution in [3.63, 3.8) is 0 Å². The van der Waals surface area contributed by atoms with Crippen LogP contribution in [0.25, 0.3) is 0 Å². The summed E-state index contributed by atoms with van der Waals surface area (Å²) in [5, 5.41) is 3.00. The number of amides is 1. The van der Waals surface area contributed by atoms with E-state index in [4.69, 9.17) is 9.47 Å². The van der Waals surface area contributed by atoms with Gasteiger partial charge in [-0.1, -0.05) is 17.2 Å². The van der Waals surface area contributed by atoms with E-state index in [1.807, 2.05) is 14.1 Å². The minimum absolute atomic E-state index is 0.0100. The van der Waals surface area contributed by atoms with Crippen LogP contribution in [0, 0.1) is 5.92 Å². The van der Waals surface area contributed by atoms with Crippen molar-refractivity contribution >= 4 is 5.91 Å². The maximum absolute atomic E-state index is 12.2. The van der Waals surface area contributed by atoms with Crippen LogP contribution in [0.1, 0.15) is 46.5 Å². The molecule has 1 aliphatic carbocycles. The molecule has 1 amide bonds. The number of nitrogens with one attached hydrogen (secondary N) is 1. The minimum atomic E-state index is -0.0100. The highest BCUT2D eigenvalue weighted by Gasteiger charge is 2.55. The van der Waals surface area contributed by atoms with Crippen molar-refractivity contribution in [1.82, 2.24) is 10.2 Å². The van der Waals surface area contributed by atoms with Crippen LogP contribution < -0.4 is 5.32 Å². The molecule has 0 aromatic rings. The van der Waals surface area contributed by atoms with Crippen molar-refractivity contribution in [2.75, 3.05) is 40.4 Å². The Labute approximate surface area is 158 Å². The molecule has 26 heavy (non-hydrogen) atoms. The van der Waals surface area contributed by atoms with Crippen LogP contribution in [0.4, 0.5) is 0 Å². The average Bonchev–Trinajstić information content (AvgIpc) is 3.33. The van der Waals surface area contributed by atoms with Crippen LogP contribution in [-0.2, 0) is 14.3 Å². The molecule has 0 aromatic carbocycles. The Bertz CT molecular complexity index is 531. The highest BCUT2D eigenvalue weighted by atomic mass is 16.6. The molecule has 1 heterocycles. The second-order valence-electron chi connectivity index (χ2n) is 8.23. The van der Waals surface area contributed by atoms with Crippen LogP contribution in [-0.4, -0.2) is 62.9 Å². The van der Waals surface area contributed by atoms with Gasteiger partial charge in [-0.15, -0.1) is 0 Å². The molecule has 2 aliphatic rings. The lowest BCUT2D eigenvalue weighted by atomic mass is 9.74. The summed E-state index contributed by atoms with van der Waals surface area (Å²) in [5.74, 6) is 0.359. The Balaban J connectivity index is 1.85. The second kappa shape index (κ2) is 9.67. The van der Waals surface area contributed by atoms with Crippen molar-refractivity contribution in [3.8, 4) is 0 Å². The second-order valence-corrected chi connectivity index (χ2v) is 8.23. The molecule has 1 saturated heterocycles. The van der Waals surface area contributed by atoms with Crippen LogP contribution in [0.3, 0.4) is 0 Å². The standard InChI is InChI=1S/C21H36N2O3/c1-16(2)8-12-25-17(3)19-13-18(7-9-21(19)15-26-21)14-20(24)22-10-6-11-23(4)5/h8,14,17,19H,6-7,9-13,15H2,1-5H3,(H,22,24)/b18-14-. The third-order valence-electron chi connectivity index (χ3n) is 5.38. The third-order valence-corrected chi connectivity index (χ3v) is 5.38. The molecule has 1 saturated carbocycles. The Morgan fingerprint density at radius 3 is 2.81 bits per heavy atom. The molecular weight excluding hydrogens is 328 g/mol. The van der Waals surface area contributed by atoms with Gasteiger partial charge in [0.2, 0.25) is 5.91 Å². The van der Waals surface area contributed by atoms with Crippen LogP contribution >= 0.6 is 0 Å². The molecule has 2 fully saturated rings. The molecule has 2 rings (SSSR count). The van der Waals surface area contributed by atoms with Crippen LogP contribution in [0.15, 0.2) is 23.3 Å². The molecule has 3 unspecified atom stereocenters. The topological polar surface area (TPSA) is 54.1 Å². The summed E-state index contributed by atoms with van der Waals surface area (Å²) in [5.41, 5.74) is 2.48. The van der Waals surface area contributed by atoms with Gasteiger partial charge in [0.05, 0.1) is 24.9 Å². The van der Waals surface area contributed by atoms with Gasteiger partial charge in [-0.3, -0.25) is 4.79 Å². The highest BCUT2D eigenvalue weighted by Crippen LogP contribution is 2.49. The molecule has 148 valence electrons. The zero-order valence-electron chi connectivity index (χ0n) is 17.1. The van der Waals surface area contributed by atoms with Crippen molar-refractivity contribution in [3.05, 3.63) is 23.3 Å². The Morgan fingerprint density at radius 1 is 1.46 bits per heavy atom. The van der Waals surface area contributed by atoms with E-state index in [-0.39, 0.29) is 17.6 Å². The summed E-state index contributed by atoms with van der Waals surface area (Å²) in [4.78, 5) is 14.3. The summed E-state index contributed by atoms with van der Waals surface area (Å²) in [6.45, 7) is 9.48. The molecule has 1 N–H and O–H groups in total. The summed E-state index contributed by atoms with van der Waals surface area (Å²) in [6, 6.07) is 0. The van der Waals surface area contributed by atoms with E-state index in [0.29, 0.717) is 12.5 Å². The predicted octanol–water partition coefficient (Wildman–Crippen LogP) is 2.92. The Hall–Kier alpha value is -1.17. The molecule has 5 heteroatoms. The summed E-state index contributed by atoms with van der Waals surface area (Å²) >= 11 is 0. The lowest BCUT2D eigenvalue weighted by Crippen LogP contribution is -2.38. The van der Waals surface area contributed by atoms with Gasteiger partial charge in [0.15, 0.2) is 0 Å². The first-order valence-electron chi connectivity index (χ1n) is 9.83. The molecule has 3 atom stereocenters. The van der Waals surface area contributed by atoms with Gasteiger partial charge in [0.1, 0.15) is 0 Å². The first kappa shape index (κ1) is 21.1. The first-order chi connectivity index (χ1) is 12.3. The van der Waals surface area contributed by atoms with E-state index in [0.717, 1.165) is 45.4 Å². The quantitative estimate of drug-likeness (QED) is 0.296. The summed E-state index contributed by atoms with van der Waals surface area (Å²) in [7, 11) is 4.09. The lowest BCUT2D eigenvalue weighted by Gasteiger charge is -2.34. The average molecular weight is 365 g/mol. The van der Waals surface area contributed by atoms with Gasteiger partial charge in [-0.2, -0.15) is 0 Å². The van der Waals surface area contributed by atoms with E-state index >= 15 is 0 Å². The highest BCUT2D eigenvalue weighted by molar-refractivity contribution is 5.88. The van der Waals surface area contributed by atoms with Crippen molar-refractivity contribution in [2.45, 2.75) is 58.2 Å². The smallest absolute Gasteiger partial charge is 0.243 e. The van der Waals surface area contributed by atoms with Gasteiger partial charge in [0.25, 0.3) is 0 Å². The fourth-order valence-electron chi connectivity index (χ4n) is 3.63. The van der Waals surface area contributed by atoms with Gasteiger partial charge in [-0.05, 0) is 67.1 Å². The van der Waals surface area contributed by atoms with E-state index in [9.17, 15) is 4.79 Å². The monoisotopic (exact) mass is 364 g/mol. The van der Waals surface area contributed by atoms with E-state index in [1.165, 1.54) is 11.1 Å². The number of nitrogens with zero attached hydrogens (tertiary/aromatic N) is 1. The Kier molecular flexibility index (Phi) is 7.86. The third kappa shape index (κ3) is 6.53. The minimum Gasteiger partial charge on any atom is -0.374 e. The molecule has 1 aliphatic heterocycles. The first-order valence-corrected chi connectivity index (χ1v) is 9.83. The maximum Gasteiger partial charge on any atom is 0.243 e. The number of carbonyl (C=O) groups excluding carboxylic acids is 1. The number of hydrogen-bond donors (Lipinski definition) is 1. The van der Waals surface area contributed by atoms with Crippen molar-refractivity contribution < 1.29 is 14.3 Å². The zero-order valence-corrected chi connectivity index (χ0v) is 17.1. The summed E-state index contributed by atoms with van der Waals surface area (Å²) < 4.78 is 11.9. The number of hydrogen-bond acceptors (Lipinski definition) is 4. The van der Waals surface area contributed by atoms with Gasteiger partial charge in [0, 0.05) is 18.5 Å². The van der Waals surface area contributed by atoms with E-state index in [1.54, 1.807) is 6.08 Å². The number of epoxide rings is 1. The number of ether oxygens (including phenoxy) is 2. The summed E-state index contributed by atoms with van der Waals surface area (Å²) in [6.07, 6.45) is 7.84. The number of carbonyl (C=O) groups is 1. The van der Waals surface area contributed by atoms with Gasteiger partial charge in [-0.25, -0.2) is 0 Å². The zero-order chi connectivity index (χ0) is 19.2. The molecular formula is C21H36N2O3. The normalized spacial score (nSPS) is 27.6. The Morgan fingerprint density at radius 2 is 2.19 bits per heavy atom. The molecule has 5 nitrogen and oxygen atoms in total. The molecule has 0 radical (unpaired) electrons. The van der Waals surface area contributed by atoms with Crippen LogP contribution in [0.5, 0.6) is 0 Å². The van der Waals surface area contributed by atoms with Crippen LogP contribution in [0.2, 0.25) is 0 Å². The number of rotatable bonds is 9. The van der Waals surface area contributed by atoms with Gasteiger partial charge < -0.3 is 19.7 Å². The number of allylic oxidation sites excluding steroid dienone is 2. The van der Waals surface area contributed by atoms with Gasteiger partial charge >= 0.3 is 0 Å². The predicted molar refractivity (Wildman–Crippen MR) is 105 cm³/mol. The molecule has 0 bridgehead atoms. The van der Waals surface area contributed by atoms with E-state index in [2.05, 4.69) is 37.1 Å². The maximum atomic E-state index is 12.2. The SMILES string of the molecule is CC(C)=CCOC(C)C1C/C(=C\C(=O)NCCCN(C)C)CCC12CO2. The largest absolute Gasteiger partial charge is 0.374 e. The molecule has 0 aromatic heterocycles. The lowest BCUT2D eigenvalue weighted by molar-refractivity contribution is -0.116. The fraction of sp³-hybridized carbons (Fsp3) is 0.762. The van der Waals surface area contributed by atoms with E-state index < -0.39 is 0 Å². The van der Waals surface area contributed by atoms with Crippen molar-refractivity contribution in [2.24, 2.45) is 5.92 Å². The molecule has 1 spiro atoms. The van der Waals surface area contributed by atoms with Crippen molar-refractivity contribution in [1.29, 1.82) is 0 Å². The fourth-order valence-corrected chi connectivity index (χ4v) is 3.63.